The van der Waals surface area contributed by atoms with E-state index in [1.54, 1.807) is 23.5 Å². The third-order valence-electron chi connectivity index (χ3n) is 3.15. The van der Waals surface area contributed by atoms with Crippen molar-refractivity contribution in [1.82, 2.24) is 9.88 Å². The molecule has 0 aliphatic heterocycles. The first-order chi connectivity index (χ1) is 9.58. The lowest BCUT2D eigenvalue weighted by Gasteiger charge is -2.21. The molecular formula is C15H18N2O2S. The van der Waals surface area contributed by atoms with Crippen molar-refractivity contribution in [3.8, 4) is 0 Å². The maximum Gasteiger partial charge on any atom is 0.336 e. The largest absolute Gasteiger partial charge is 0.478 e. The van der Waals surface area contributed by atoms with Crippen molar-refractivity contribution in [2.75, 3.05) is 13.6 Å². The van der Waals surface area contributed by atoms with Gasteiger partial charge in [-0.25, -0.2) is 9.78 Å². The number of carbonyl (C=O) groups is 1. The Bertz CT molecular complexity index is 569. The summed E-state index contributed by atoms with van der Waals surface area (Å²) in [5.74, 6) is -0.529. The van der Waals surface area contributed by atoms with Crippen molar-refractivity contribution in [1.29, 1.82) is 0 Å². The molecule has 2 aromatic rings. The van der Waals surface area contributed by atoms with Gasteiger partial charge in [-0.3, -0.25) is 0 Å². The fraction of sp³-hybridized carbons (Fsp3) is 0.333. The van der Waals surface area contributed by atoms with Gasteiger partial charge in [-0.15, -0.1) is 11.3 Å². The van der Waals surface area contributed by atoms with Crippen LogP contribution in [0.5, 0.6) is 0 Å². The molecule has 5 heteroatoms. The van der Waals surface area contributed by atoms with Crippen LogP contribution in [0.3, 0.4) is 0 Å². The standard InChI is InChI=1S/C15H18N2O2S/c1-11(14-16-7-8-20-14)9-17(2)10-12-5-3-4-6-13(12)15(18)19/h3-8,11H,9-10H2,1-2H3,(H,18,19). The van der Waals surface area contributed by atoms with Gasteiger partial charge in [-0.2, -0.15) is 0 Å². The van der Waals surface area contributed by atoms with Crippen LogP contribution in [0.1, 0.15) is 33.8 Å². The van der Waals surface area contributed by atoms with Gasteiger partial charge in [-0.1, -0.05) is 25.1 Å². The highest BCUT2D eigenvalue weighted by atomic mass is 32.1. The van der Waals surface area contributed by atoms with Gasteiger partial charge in [-0.05, 0) is 18.7 Å². The van der Waals surface area contributed by atoms with Gasteiger partial charge < -0.3 is 10.0 Å². The maximum absolute atomic E-state index is 11.2. The van der Waals surface area contributed by atoms with Crippen LogP contribution >= 0.6 is 11.3 Å². The second kappa shape index (κ2) is 6.63. The highest BCUT2D eigenvalue weighted by molar-refractivity contribution is 7.09. The van der Waals surface area contributed by atoms with Crippen LogP contribution in [0.2, 0.25) is 0 Å². The molecule has 0 bridgehead atoms. The number of aromatic nitrogens is 1. The molecule has 1 heterocycles. The maximum atomic E-state index is 11.2. The molecule has 0 aliphatic rings. The van der Waals surface area contributed by atoms with E-state index in [1.165, 1.54) is 0 Å². The topological polar surface area (TPSA) is 53.4 Å². The van der Waals surface area contributed by atoms with E-state index < -0.39 is 5.97 Å². The van der Waals surface area contributed by atoms with Crippen LogP contribution < -0.4 is 0 Å². The highest BCUT2D eigenvalue weighted by Gasteiger charge is 2.14. The molecule has 1 aromatic carbocycles. The summed E-state index contributed by atoms with van der Waals surface area (Å²) in [6.07, 6.45) is 1.82. The summed E-state index contributed by atoms with van der Waals surface area (Å²) in [5, 5.41) is 12.3. The fourth-order valence-electron chi connectivity index (χ4n) is 2.25. The zero-order valence-electron chi connectivity index (χ0n) is 11.6. The van der Waals surface area contributed by atoms with E-state index in [0.717, 1.165) is 17.1 Å². The van der Waals surface area contributed by atoms with Gasteiger partial charge in [0.15, 0.2) is 0 Å². The first-order valence-corrected chi connectivity index (χ1v) is 7.35. The Kier molecular flexibility index (Phi) is 4.87. The van der Waals surface area contributed by atoms with E-state index in [2.05, 4.69) is 16.8 Å². The molecule has 1 unspecified atom stereocenters. The molecule has 0 spiro atoms. The van der Waals surface area contributed by atoms with E-state index in [-0.39, 0.29) is 0 Å². The lowest BCUT2D eigenvalue weighted by atomic mass is 10.1. The van der Waals surface area contributed by atoms with Crippen molar-refractivity contribution < 1.29 is 9.90 Å². The lowest BCUT2D eigenvalue weighted by molar-refractivity contribution is 0.0694. The summed E-state index contributed by atoms with van der Waals surface area (Å²) < 4.78 is 0. The fourth-order valence-corrected chi connectivity index (χ4v) is 2.94. The Morgan fingerprint density at radius 3 is 2.85 bits per heavy atom. The summed E-state index contributed by atoms with van der Waals surface area (Å²) in [7, 11) is 2.00. The van der Waals surface area contributed by atoms with E-state index in [4.69, 9.17) is 0 Å². The SMILES string of the molecule is CC(CN(C)Cc1ccccc1C(=O)O)c1nccs1. The Balaban J connectivity index is 2.01. The Hall–Kier alpha value is -1.72. The predicted octanol–water partition coefficient (Wildman–Crippen LogP) is 3.08. The molecule has 0 amide bonds. The number of nitrogens with zero attached hydrogens (tertiary/aromatic N) is 2. The highest BCUT2D eigenvalue weighted by Crippen LogP contribution is 2.19. The van der Waals surface area contributed by atoms with Crippen molar-refractivity contribution in [2.24, 2.45) is 0 Å². The van der Waals surface area contributed by atoms with Crippen LogP contribution in [0, 0.1) is 0 Å². The minimum atomic E-state index is -0.873. The molecule has 0 radical (unpaired) electrons. The number of aromatic carboxylic acids is 1. The molecule has 1 atom stereocenters. The second-order valence-electron chi connectivity index (χ2n) is 4.93. The molecule has 0 fully saturated rings. The van der Waals surface area contributed by atoms with E-state index in [0.29, 0.717) is 18.0 Å². The van der Waals surface area contributed by atoms with Crippen molar-refractivity contribution in [3.05, 3.63) is 52.0 Å². The summed E-state index contributed by atoms with van der Waals surface area (Å²) in [6, 6.07) is 7.15. The van der Waals surface area contributed by atoms with Gasteiger partial charge in [0.1, 0.15) is 0 Å². The minimum absolute atomic E-state index is 0.344. The normalized spacial score (nSPS) is 12.6. The second-order valence-corrected chi connectivity index (χ2v) is 5.86. The number of hydrogen-bond donors (Lipinski definition) is 1. The Morgan fingerprint density at radius 2 is 2.20 bits per heavy atom. The molecular weight excluding hydrogens is 272 g/mol. The number of benzene rings is 1. The Morgan fingerprint density at radius 1 is 1.45 bits per heavy atom. The zero-order valence-corrected chi connectivity index (χ0v) is 12.4. The molecule has 0 saturated heterocycles. The molecule has 0 saturated carbocycles. The summed E-state index contributed by atoms with van der Waals surface area (Å²) >= 11 is 1.66. The molecule has 20 heavy (non-hydrogen) atoms. The first-order valence-electron chi connectivity index (χ1n) is 6.47. The van der Waals surface area contributed by atoms with E-state index >= 15 is 0 Å². The molecule has 1 aromatic heterocycles. The predicted molar refractivity (Wildman–Crippen MR) is 80.3 cm³/mol. The van der Waals surface area contributed by atoms with E-state index in [9.17, 15) is 9.90 Å². The third-order valence-corrected chi connectivity index (χ3v) is 4.15. The van der Waals surface area contributed by atoms with Crippen molar-refractivity contribution in [2.45, 2.75) is 19.4 Å². The van der Waals surface area contributed by atoms with Crippen molar-refractivity contribution >= 4 is 17.3 Å². The lowest BCUT2D eigenvalue weighted by Crippen LogP contribution is -2.24. The molecule has 1 N–H and O–H groups in total. The van der Waals surface area contributed by atoms with Gasteiger partial charge in [0.25, 0.3) is 0 Å². The van der Waals surface area contributed by atoms with E-state index in [1.807, 2.05) is 30.8 Å². The molecule has 4 nitrogen and oxygen atoms in total. The zero-order chi connectivity index (χ0) is 14.5. The van der Waals surface area contributed by atoms with Crippen molar-refractivity contribution in [3.63, 3.8) is 0 Å². The molecule has 106 valence electrons. The summed E-state index contributed by atoms with van der Waals surface area (Å²) in [6.45, 7) is 3.61. The monoisotopic (exact) mass is 290 g/mol. The average Bonchev–Trinajstić information content (AvgIpc) is 2.92. The van der Waals surface area contributed by atoms with Crippen LogP contribution in [0.25, 0.3) is 0 Å². The number of rotatable bonds is 6. The van der Waals surface area contributed by atoms with Gasteiger partial charge >= 0.3 is 5.97 Å². The minimum Gasteiger partial charge on any atom is -0.478 e. The van der Waals surface area contributed by atoms with Crippen LogP contribution in [0.15, 0.2) is 35.8 Å². The smallest absolute Gasteiger partial charge is 0.336 e. The van der Waals surface area contributed by atoms with Gasteiger partial charge in [0.05, 0.1) is 10.6 Å². The Labute approximate surface area is 122 Å². The van der Waals surface area contributed by atoms with Crippen LogP contribution in [-0.2, 0) is 6.54 Å². The third kappa shape index (κ3) is 3.65. The number of hydrogen-bond acceptors (Lipinski definition) is 4. The average molecular weight is 290 g/mol. The summed E-state index contributed by atoms with van der Waals surface area (Å²) in [5.41, 5.74) is 1.22. The molecule has 2 rings (SSSR count). The van der Waals surface area contributed by atoms with Crippen LogP contribution in [-0.4, -0.2) is 34.6 Å². The van der Waals surface area contributed by atoms with Crippen LogP contribution in [0.4, 0.5) is 0 Å². The molecule has 0 aliphatic carbocycles. The number of likely N-dealkylation sites (N-methyl/N-ethyl adjacent to an activating group) is 1. The quantitative estimate of drug-likeness (QED) is 0.888. The summed E-state index contributed by atoms with van der Waals surface area (Å²) in [4.78, 5) is 17.6. The van der Waals surface area contributed by atoms with Gasteiger partial charge in [0, 0.05) is 30.6 Å². The number of carboxylic acid groups (broad SMARTS) is 1. The number of carboxylic acids is 1. The first kappa shape index (κ1) is 14.7. The van der Waals surface area contributed by atoms with Gasteiger partial charge in [0.2, 0.25) is 0 Å². The number of thiazole rings is 1.